The number of carbonyl (C=O) groups excluding carboxylic acids is 2. The Morgan fingerprint density at radius 3 is 2.84 bits per heavy atom. The minimum absolute atomic E-state index is 0.00265. The van der Waals surface area contributed by atoms with Gasteiger partial charge in [0.25, 0.3) is 0 Å². The van der Waals surface area contributed by atoms with Gasteiger partial charge in [-0.15, -0.1) is 0 Å². The SMILES string of the molecule is CC(C)C1C(=O)NCCN1C(=O)CCC1CCNC1. The number of hydrogen-bond donors (Lipinski definition) is 2. The Labute approximate surface area is 115 Å². The lowest BCUT2D eigenvalue weighted by atomic mass is 9.97. The molecule has 2 rings (SSSR count). The number of carbonyl (C=O) groups is 2. The molecule has 0 radical (unpaired) electrons. The molecule has 5 nitrogen and oxygen atoms in total. The first kappa shape index (κ1) is 14.3. The van der Waals surface area contributed by atoms with Gasteiger partial charge in [-0.2, -0.15) is 0 Å². The molecule has 0 bridgehead atoms. The van der Waals surface area contributed by atoms with E-state index in [0.717, 1.165) is 19.5 Å². The second kappa shape index (κ2) is 6.37. The summed E-state index contributed by atoms with van der Waals surface area (Å²) in [4.78, 5) is 26.0. The molecule has 2 heterocycles. The standard InChI is InChI=1S/C14H25N3O2/c1-10(2)13-14(19)16-7-8-17(13)12(18)4-3-11-5-6-15-9-11/h10-11,13,15H,3-9H2,1-2H3,(H,16,19). The normalized spacial score (nSPS) is 27.7. The molecule has 0 aromatic carbocycles. The fraction of sp³-hybridized carbons (Fsp3) is 0.857. The summed E-state index contributed by atoms with van der Waals surface area (Å²) in [5.74, 6) is 0.926. The first-order valence-corrected chi connectivity index (χ1v) is 7.37. The number of piperazine rings is 1. The van der Waals surface area contributed by atoms with Crippen LogP contribution in [0, 0.1) is 11.8 Å². The van der Waals surface area contributed by atoms with Gasteiger partial charge in [-0.3, -0.25) is 9.59 Å². The highest BCUT2D eigenvalue weighted by Crippen LogP contribution is 2.19. The van der Waals surface area contributed by atoms with Crippen LogP contribution in [0.4, 0.5) is 0 Å². The quantitative estimate of drug-likeness (QED) is 0.773. The summed E-state index contributed by atoms with van der Waals surface area (Å²) in [5.41, 5.74) is 0. The van der Waals surface area contributed by atoms with Gasteiger partial charge in [0.15, 0.2) is 0 Å². The molecule has 108 valence electrons. The summed E-state index contributed by atoms with van der Waals surface area (Å²) in [7, 11) is 0. The van der Waals surface area contributed by atoms with Crippen LogP contribution in [-0.2, 0) is 9.59 Å². The predicted octanol–water partition coefficient (Wildman–Crippen LogP) is 0.359. The maximum absolute atomic E-state index is 12.3. The van der Waals surface area contributed by atoms with Crippen molar-refractivity contribution in [2.45, 2.75) is 39.2 Å². The fourth-order valence-corrected chi connectivity index (χ4v) is 3.06. The molecule has 2 atom stereocenters. The molecule has 2 N–H and O–H groups in total. The summed E-state index contributed by atoms with van der Waals surface area (Å²) in [6.45, 7) is 7.32. The Balaban J connectivity index is 1.89. The zero-order valence-electron chi connectivity index (χ0n) is 11.9. The predicted molar refractivity (Wildman–Crippen MR) is 73.6 cm³/mol. The van der Waals surface area contributed by atoms with Gasteiger partial charge in [-0.25, -0.2) is 0 Å². The van der Waals surface area contributed by atoms with Gasteiger partial charge in [0.05, 0.1) is 0 Å². The molecule has 2 aliphatic rings. The number of nitrogens with zero attached hydrogens (tertiary/aromatic N) is 1. The topological polar surface area (TPSA) is 61.4 Å². The zero-order chi connectivity index (χ0) is 13.8. The molecular weight excluding hydrogens is 242 g/mol. The molecule has 19 heavy (non-hydrogen) atoms. The monoisotopic (exact) mass is 267 g/mol. The molecule has 2 saturated heterocycles. The summed E-state index contributed by atoms with van der Waals surface area (Å²) in [5, 5.41) is 6.17. The second-order valence-corrected chi connectivity index (χ2v) is 5.96. The van der Waals surface area contributed by atoms with E-state index in [9.17, 15) is 9.59 Å². The van der Waals surface area contributed by atoms with E-state index in [-0.39, 0.29) is 23.8 Å². The number of amides is 2. The van der Waals surface area contributed by atoms with Gasteiger partial charge < -0.3 is 15.5 Å². The number of nitrogens with one attached hydrogen (secondary N) is 2. The summed E-state index contributed by atoms with van der Waals surface area (Å²) in [6.07, 6.45) is 2.68. The van der Waals surface area contributed by atoms with Gasteiger partial charge in [-0.1, -0.05) is 13.8 Å². The van der Waals surface area contributed by atoms with E-state index < -0.39 is 0 Å². The van der Waals surface area contributed by atoms with Gasteiger partial charge in [0.2, 0.25) is 11.8 Å². The second-order valence-electron chi connectivity index (χ2n) is 5.96. The Morgan fingerprint density at radius 1 is 1.42 bits per heavy atom. The third kappa shape index (κ3) is 3.47. The van der Waals surface area contributed by atoms with Gasteiger partial charge in [0.1, 0.15) is 6.04 Å². The van der Waals surface area contributed by atoms with Gasteiger partial charge >= 0.3 is 0 Å². The van der Waals surface area contributed by atoms with E-state index in [0.29, 0.717) is 25.4 Å². The summed E-state index contributed by atoms with van der Waals surface area (Å²) >= 11 is 0. The van der Waals surface area contributed by atoms with Crippen LogP contribution >= 0.6 is 0 Å². The van der Waals surface area contributed by atoms with Crippen molar-refractivity contribution in [2.75, 3.05) is 26.2 Å². The average Bonchev–Trinajstić information content (AvgIpc) is 2.88. The molecule has 0 aromatic rings. The fourth-order valence-electron chi connectivity index (χ4n) is 3.06. The van der Waals surface area contributed by atoms with E-state index in [4.69, 9.17) is 0 Å². The summed E-state index contributed by atoms with van der Waals surface area (Å²) in [6, 6.07) is -0.289. The van der Waals surface area contributed by atoms with Crippen molar-refractivity contribution in [1.29, 1.82) is 0 Å². The summed E-state index contributed by atoms with van der Waals surface area (Å²) < 4.78 is 0. The zero-order valence-corrected chi connectivity index (χ0v) is 11.9. The lowest BCUT2D eigenvalue weighted by Gasteiger charge is -2.37. The average molecular weight is 267 g/mol. The molecule has 2 unspecified atom stereocenters. The van der Waals surface area contributed by atoms with E-state index in [1.807, 2.05) is 13.8 Å². The van der Waals surface area contributed by atoms with Crippen molar-refractivity contribution in [3.05, 3.63) is 0 Å². The van der Waals surface area contributed by atoms with Crippen molar-refractivity contribution in [3.8, 4) is 0 Å². The highest BCUT2D eigenvalue weighted by atomic mass is 16.2. The lowest BCUT2D eigenvalue weighted by Crippen LogP contribution is -2.59. The van der Waals surface area contributed by atoms with Crippen molar-refractivity contribution >= 4 is 11.8 Å². The van der Waals surface area contributed by atoms with Crippen LogP contribution in [0.5, 0.6) is 0 Å². The van der Waals surface area contributed by atoms with Crippen molar-refractivity contribution in [2.24, 2.45) is 11.8 Å². The highest BCUT2D eigenvalue weighted by molar-refractivity contribution is 5.89. The first-order valence-electron chi connectivity index (χ1n) is 7.37. The van der Waals surface area contributed by atoms with Gasteiger partial charge in [-0.05, 0) is 37.8 Å². The van der Waals surface area contributed by atoms with E-state index in [1.165, 1.54) is 6.42 Å². The molecule has 5 heteroatoms. The maximum atomic E-state index is 12.3. The van der Waals surface area contributed by atoms with Crippen LogP contribution in [0.1, 0.15) is 33.1 Å². The Hall–Kier alpha value is -1.10. The van der Waals surface area contributed by atoms with E-state index in [2.05, 4.69) is 10.6 Å². The van der Waals surface area contributed by atoms with E-state index >= 15 is 0 Å². The minimum atomic E-state index is -0.289. The van der Waals surface area contributed by atoms with Crippen LogP contribution in [0.15, 0.2) is 0 Å². The smallest absolute Gasteiger partial charge is 0.243 e. The van der Waals surface area contributed by atoms with Crippen LogP contribution < -0.4 is 10.6 Å². The maximum Gasteiger partial charge on any atom is 0.243 e. The Morgan fingerprint density at radius 2 is 2.21 bits per heavy atom. The Kier molecular flexibility index (Phi) is 4.80. The molecule has 2 amide bonds. The van der Waals surface area contributed by atoms with Gasteiger partial charge in [0, 0.05) is 19.5 Å². The van der Waals surface area contributed by atoms with Crippen molar-refractivity contribution in [3.63, 3.8) is 0 Å². The Bertz CT molecular complexity index is 338. The van der Waals surface area contributed by atoms with Crippen LogP contribution in [0.3, 0.4) is 0 Å². The van der Waals surface area contributed by atoms with Crippen LogP contribution in [0.25, 0.3) is 0 Å². The molecule has 0 saturated carbocycles. The molecule has 0 spiro atoms. The van der Waals surface area contributed by atoms with Crippen molar-refractivity contribution < 1.29 is 9.59 Å². The highest BCUT2D eigenvalue weighted by Gasteiger charge is 2.35. The first-order chi connectivity index (χ1) is 9.09. The molecule has 0 aliphatic carbocycles. The lowest BCUT2D eigenvalue weighted by molar-refractivity contribution is -0.145. The molecule has 2 aliphatic heterocycles. The number of rotatable bonds is 4. The third-order valence-corrected chi connectivity index (χ3v) is 4.14. The third-order valence-electron chi connectivity index (χ3n) is 4.14. The van der Waals surface area contributed by atoms with Crippen LogP contribution in [-0.4, -0.2) is 48.9 Å². The van der Waals surface area contributed by atoms with Crippen molar-refractivity contribution in [1.82, 2.24) is 15.5 Å². The van der Waals surface area contributed by atoms with Crippen LogP contribution in [0.2, 0.25) is 0 Å². The molecule has 2 fully saturated rings. The minimum Gasteiger partial charge on any atom is -0.353 e. The molecule has 0 aromatic heterocycles. The number of hydrogen-bond acceptors (Lipinski definition) is 3. The molecular formula is C14H25N3O2. The van der Waals surface area contributed by atoms with E-state index in [1.54, 1.807) is 4.90 Å². The largest absolute Gasteiger partial charge is 0.353 e.